The van der Waals surface area contributed by atoms with E-state index in [9.17, 15) is 4.79 Å². The van der Waals surface area contributed by atoms with Crippen LogP contribution in [-0.2, 0) is 6.42 Å². The van der Waals surface area contributed by atoms with Crippen LogP contribution < -0.4 is 5.43 Å². The SMILES string of the molecule is CC(C)C1=Cc2c(sc3ccccc3c2=O)CC=C1. The van der Waals surface area contributed by atoms with Crippen molar-refractivity contribution in [3.8, 4) is 0 Å². The van der Waals surface area contributed by atoms with Crippen LogP contribution in [0.15, 0.2) is 46.8 Å². The summed E-state index contributed by atoms with van der Waals surface area (Å²) in [5.74, 6) is 0.443. The second-order valence-electron chi connectivity index (χ2n) is 5.17. The molecule has 3 rings (SSSR count). The van der Waals surface area contributed by atoms with Gasteiger partial charge in [-0.15, -0.1) is 11.3 Å². The number of hydrogen-bond donors (Lipinski definition) is 0. The van der Waals surface area contributed by atoms with Gasteiger partial charge in [-0.05, 0) is 29.7 Å². The van der Waals surface area contributed by atoms with E-state index in [1.54, 1.807) is 11.3 Å². The Morgan fingerprint density at radius 1 is 1.21 bits per heavy atom. The lowest BCUT2D eigenvalue weighted by Gasteiger charge is -2.06. The van der Waals surface area contributed by atoms with Crippen LogP contribution in [0.1, 0.15) is 24.3 Å². The zero-order valence-electron chi connectivity index (χ0n) is 11.1. The average molecular weight is 268 g/mol. The van der Waals surface area contributed by atoms with Gasteiger partial charge in [-0.3, -0.25) is 4.79 Å². The smallest absolute Gasteiger partial charge is 0.195 e. The molecule has 1 aliphatic rings. The van der Waals surface area contributed by atoms with Gasteiger partial charge in [0.15, 0.2) is 5.43 Å². The molecule has 0 saturated carbocycles. The summed E-state index contributed by atoms with van der Waals surface area (Å²) in [5, 5.41) is 0.840. The lowest BCUT2D eigenvalue weighted by molar-refractivity contribution is 0.797. The van der Waals surface area contributed by atoms with Crippen molar-refractivity contribution >= 4 is 27.5 Å². The summed E-state index contributed by atoms with van der Waals surface area (Å²) < 4.78 is 1.08. The molecule has 1 nitrogen and oxygen atoms in total. The van der Waals surface area contributed by atoms with E-state index in [0.29, 0.717) is 5.92 Å². The Morgan fingerprint density at radius 2 is 2.00 bits per heavy atom. The molecule has 2 aromatic rings. The van der Waals surface area contributed by atoms with Crippen molar-refractivity contribution in [3.63, 3.8) is 0 Å². The zero-order valence-corrected chi connectivity index (χ0v) is 12.0. The Bertz CT molecular complexity index is 747. The molecule has 0 N–H and O–H groups in total. The van der Waals surface area contributed by atoms with Crippen molar-refractivity contribution < 1.29 is 0 Å². The first-order valence-corrected chi connectivity index (χ1v) is 7.41. The predicted molar refractivity (Wildman–Crippen MR) is 83.8 cm³/mol. The summed E-state index contributed by atoms with van der Waals surface area (Å²) in [4.78, 5) is 13.8. The third kappa shape index (κ3) is 2.17. The summed E-state index contributed by atoms with van der Waals surface area (Å²) in [6.07, 6.45) is 7.26. The van der Waals surface area contributed by atoms with Crippen LogP contribution in [0.2, 0.25) is 0 Å². The summed E-state index contributed by atoms with van der Waals surface area (Å²) in [6, 6.07) is 7.89. The molecule has 0 spiro atoms. The van der Waals surface area contributed by atoms with Gasteiger partial charge in [-0.2, -0.15) is 0 Å². The highest BCUT2D eigenvalue weighted by molar-refractivity contribution is 7.18. The highest BCUT2D eigenvalue weighted by Crippen LogP contribution is 2.27. The summed E-state index contributed by atoms with van der Waals surface area (Å²) in [5.41, 5.74) is 2.29. The van der Waals surface area contributed by atoms with Crippen molar-refractivity contribution in [2.45, 2.75) is 20.3 Å². The molecule has 1 aromatic heterocycles. The minimum atomic E-state index is 0.172. The normalized spacial score (nSPS) is 14.4. The van der Waals surface area contributed by atoms with E-state index in [2.05, 4.69) is 32.1 Å². The second kappa shape index (κ2) is 4.78. The molecule has 2 heteroatoms. The van der Waals surface area contributed by atoms with Crippen LogP contribution in [0.25, 0.3) is 16.2 Å². The van der Waals surface area contributed by atoms with Crippen LogP contribution in [-0.4, -0.2) is 0 Å². The average Bonchev–Trinajstić information content (AvgIpc) is 2.62. The minimum absolute atomic E-state index is 0.172. The van der Waals surface area contributed by atoms with E-state index in [0.717, 1.165) is 22.1 Å². The molecule has 0 unspecified atom stereocenters. The number of benzene rings is 1. The van der Waals surface area contributed by atoms with Gasteiger partial charge in [-0.25, -0.2) is 0 Å². The third-order valence-electron chi connectivity index (χ3n) is 3.50. The van der Waals surface area contributed by atoms with E-state index in [-0.39, 0.29) is 5.43 Å². The van der Waals surface area contributed by atoms with E-state index in [4.69, 9.17) is 0 Å². The molecule has 1 aliphatic carbocycles. The van der Waals surface area contributed by atoms with Crippen molar-refractivity contribution in [1.29, 1.82) is 0 Å². The van der Waals surface area contributed by atoms with Crippen LogP contribution in [0, 0.1) is 5.92 Å². The number of allylic oxidation sites excluding steroid dienone is 3. The molecular weight excluding hydrogens is 252 g/mol. The highest BCUT2D eigenvalue weighted by atomic mass is 32.1. The molecule has 0 saturated heterocycles. The van der Waals surface area contributed by atoms with E-state index in [1.165, 1.54) is 10.5 Å². The van der Waals surface area contributed by atoms with Gasteiger partial charge in [-0.1, -0.05) is 38.1 Å². The van der Waals surface area contributed by atoms with Gasteiger partial charge < -0.3 is 0 Å². The molecule has 1 aromatic carbocycles. The lowest BCUT2D eigenvalue weighted by Crippen LogP contribution is -2.07. The first-order chi connectivity index (χ1) is 9.16. The molecule has 0 radical (unpaired) electrons. The summed E-state index contributed by atoms with van der Waals surface area (Å²) in [6.45, 7) is 4.33. The summed E-state index contributed by atoms with van der Waals surface area (Å²) >= 11 is 1.73. The molecule has 0 atom stereocenters. The first kappa shape index (κ1) is 12.4. The maximum atomic E-state index is 12.6. The third-order valence-corrected chi connectivity index (χ3v) is 4.71. The molecule has 19 heavy (non-hydrogen) atoms. The van der Waals surface area contributed by atoms with Gasteiger partial charge in [0.05, 0.1) is 0 Å². The Hall–Kier alpha value is -1.67. The fourth-order valence-corrected chi connectivity index (χ4v) is 3.50. The van der Waals surface area contributed by atoms with E-state index in [1.807, 2.05) is 24.3 Å². The van der Waals surface area contributed by atoms with Crippen LogP contribution >= 0.6 is 11.3 Å². The minimum Gasteiger partial charge on any atom is -0.289 e. The van der Waals surface area contributed by atoms with Crippen molar-refractivity contribution in [2.75, 3.05) is 0 Å². The number of hydrogen-bond acceptors (Lipinski definition) is 2. The van der Waals surface area contributed by atoms with Crippen molar-refractivity contribution in [2.24, 2.45) is 5.92 Å². The highest BCUT2D eigenvalue weighted by Gasteiger charge is 2.13. The molecule has 0 aliphatic heterocycles. The fourth-order valence-electron chi connectivity index (χ4n) is 2.38. The topological polar surface area (TPSA) is 17.1 Å². The first-order valence-electron chi connectivity index (χ1n) is 6.59. The maximum Gasteiger partial charge on any atom is 0.195 e. The Labute approximate surface area is 116 Å². The predicted octanol–water partition coefficient (Wildman–Crippen LogP) is 4.41. The van der Waals surface area contributed by atoms with Gasteiger partial charge in [0.2, 0.25) is 0 Å². The van der Waals surface area contributed by atoms with E-state index >= 15 is 0 Å². The van der Waals surface area contributed by atoms with Gasteiger partial charge in [0.25, 0.3) is 0 Å². The fraction of sp³-hybridized carbons (Fsp3) is 0.235. The maximum absolute atomic E-state index is 12.6. The zero-order chi connectivity index (χ0) is 13.4. The number of fused-ring (bicyclic) bond motifs is 2. The van der Waals surface area contributed by atoms with Gasteiger partial charge in [0.1, 0.15) is 0 Å². The van der Waals surface area contributed by atoms with Crippen molar-refractivity contribution in [1.82, 2.24) is 0 Å². The molecule has 96 valence electrons. The second-order valence-corrected chi connectivity index (χ2v) is 6.31. The molecule has 0 amide bonds. The lowest BCUT2D eigenvalue weighted by atomic mass is 10.0. The van der Waals surface area contributed by atoms with Crippen LogP contribution in [0.5, 0.6) is 0 Å². The number of rotatable bonds is 1. The van der Waals surface area contributed by atoms with Crippen molar-refractivity contribution in [3.05, 3.63) is 62.7 Å². The Kier molecular flexibility index (Phi) is 3.11. The van der Waals surface area contributed by atoms with E-state index < -0.39 is 0 Å². The van der Waals surface area contributed by atoms with Gasteiger partial charge in [0, 0.05) is 26.9 Å². The van der Waals surface area contributed by atoms with Crippen LogP contribution in [0.3, 0.4) is 0 Å². The quantitative estimate of drug-likeness (QED) is 0.748. The molecule has 1 heterocycles. The van der Waals surface area contributed by atoms with Gasteiger partial charge >= 0.3 is 0 Å². The standard InChI is InChI=1S/C17H16OS/c1-11(2)12-6-5-9-16-14(10-12)17(18)13-7-3-4-8-15(13)19-16/h3-8,10-11H,9H2,1-2H3. The Balaban J connectivity index is 2.33. The molecule has 0 fully saturated rings. The van der Waals surface area contributed by atoms with Crippen LogP contribution in [0.4, 0.5) is 0 Å². The monoisotopic (exact) mass is 268 g/mol. The summed E-state index contributed by atoms with van der Waals surface area (Å²) in [7, 11) is 0. The largest absolute Gasteiger partial charge is 0.289 e. The Morgan fingerprint density at radius 3 is 2.79 bits per heavy atom. The molecule has 0 bridgehead atoms. The molecular formula is C17H16OS.